The summed E-state index contributed by atoms with van der Waals surface area (Å²) in [5.41, 5.74) is 2.61. The van der Waals surface area contributed by atoms with Gasteiger partial charge >= 0.3 is 6.03 Å². The fourth-order valence-electron chi connectivity index (χ4n) is 4.03. The second-order valence-corrected chi connectivity index (χ2v) is 9.93. The van der Waals surface area contributed by atoms with E-state index in [1.165, 1.54) is 0 Å². The van der Waals surface area contributed by atoms with Crippen LogP contribution in [0.15, 0.2) is 42.6 Å². The number of carbonyl (C=O) groups excluding carboxylic acids is 1. The highest BCUT2D eigenvalue weighted by molar-refractivity contribution is 14.1. The van der Waals surface area contributed by atoms with Crippen molar-refractivity contribution in [1.29, 1.82) is 5.26 Å². The van der Waals surface area contributed by atoms with Gasteiger partial charge in [-0.2, -0.15) is 5.26 Å². The third kappa shape index (κ3) is 7.24. The van der Waals surface area contributed by atoms with Crippen LogP contribution in [0.1, 0.15) is 37.8 Å². The van der Waals surface area contributed by atoms with Gasteiger partial charge in [0.25, 0.3) is 0 Å². The van der Waals surface area contributed by atoms with E-state index in [1.807, 2.05) is 26.0 Å². The van der Waals surface area contributed by atoms with E-state index in [9.17, 15) is 15.2 Å². The van der Waals surface area contributed by atoms with Gasteiger partial charge < -0.3 is 30.1 Å². The Morgan fingerprint density at radius 3 is 2.71 bits per heavy atom. The van der Waals surface area contributed by atoms with Gasteiger partial charge in [-0.05, 0) is 61.8 Å². The van der Waals surface area contributed by atoms with Gasteiger partial charge in [0.2, 0.25) is 0 Å². The van der Waals surface area contributed by atoms with Crippen LogP contribution in [0.2, 0.25) is 0 Å². The molecule has 200 valence electrons. The van der Waals surface area contributed by atoms with E-state index in [-0.39, 0.29) is 18.7 Å². The number of hydrogen-bond donors (Lipinski definition) is 3. The van der Waals surface area contributed by atoms with Crippen molar-refractivity contribution in [2.75, 3.05) is 31.6 Å². The maximum Gasteiger partial charge on any atom is 0.319 e. The fraction of sp³-hybridized carbons (Fsp3) is 0.393. The lowest BCUT2D eigenvalue weighted by Gasteiger charge is -2.22. The standard InChI is InChI=1S/C28H32IN5O4/c1-3-34(4-2)16-21(35)17-37-27-13-25-23(12-19(27)15-30)26(9-10-31-25)38-22-7-8-24(18(11-22)14-29)33-28(36)32-20-5-6-20/h7-13,20-21,35H,3-6,14,16-17H2,1-2H3,(H2,32,33,36)/t21-/m0/s1. The van der Waals surface area contributed by atoms with Crippen LogP contribution in [-0.2, 0) is 4.43 Å². The highest BCUT2D eigenvalue weighted by Crippen LogP contribution is 2.34. The number of aliphatic hydroxyl groups is 1. The number of urea groups is 1. The lowest BCUT2D eigenvalue weighted by molar-refractivity contribution is 0.0716. The van der Waals surface area contributed by atoms with Gasteiger partial charge in [-0.15, -0.1) is 0 Å². The maximum absolute atomic E-state index is 12.2. The van der Waals surface area contributed by atoms with Crippen molar-refractivity contribution in [2.45, 2.75) is 43.3 Å². The van der Waals surface area contributed by atoms with Crippen LogP contribution in [0.25, 0.3) is 10.9 Å². The molecule has 3 aromatic rings. The van der Waals surface area contributed by atoms with E-state index < -0.39 is 6.10 Å². The zero-order valence-electron chi connectivity index (χ0n) is 21.5. The van der Waals surface area contributed by atoms with Crippen LogP contribution in [0.5, 0.6) is 17.2 Å². The molecule has 4 rings (SSSR count). The summed E-state index contributed by atoms with van der Waals surface area (Å²) in [5.74, 6) is 1.53. The van der Waals surface area contributed by atoms with Gasteiger partial charge in [-0.3, -0.25) is 4.98 Å². The molecule has 0 aliphatic heterocycles. The van der Waals surface area contributed by atoms with E-state index in [1.54, 1.807) is 30.5 Å². The maximum atomic E-state index is 12.2. The predicted octanol–water partition coefficient (Wildman–Crippen LogP) is 5.20. The summed E-state index contributed by atoms with van der Waals surface area (Å²) in [6.45, 7) is 6.34. The minimum absolute atomic E-state index is 0.0744. The first kappa shape index (κ1) is 27.9. The lowest BCUT2D eigenvalue weighted by Crippen LogP contribution is -2.35. The second-order valence-electron chi connectivity index (χ2n) is 9.16. The summed E-state index contributed by atoms with van der Waals surface area (Å²) in [7, 11) is 0. The number of pyridine rings is 1. The van der Waals surface area contributed by atoms with E-state index >= 15 is 0 Å². The molecule has 1 aliphatic carbocycles. The Bertz CT molecular complexity index is 1320. The Kier molecular flexibility index (Phi) is 9.60. The number of anilines is 1. The predicted molar refractivity (Wildman–Crippen MR) is 155 cm³/mol. The minimum atomic E-state index is -0.677. The van der Waals surface area contributed by atoms with Gasteiger partial charge in [0.1, 0.15) is 36.0 Å². The molecule has 1 saturated carbocycles. The molecule has 2 aromatic carbocycles. The van der Waals surface area contributed by atoms with Crippen LogP contribution < -0.4 is 20.1 Å². The molecule has 1 aliphatic rings. The number of nitrogens with one attached hydrogen (secondary N) is 2. The van der Waals surface area contributed by atoms with Crippen LogP contribution in [0.4, 0.5) is 10.5 Å². The molecule has 1 atom stereocenters. The third-order valence-corrected chi connectivity index (χ3v) is 7.15. The number of halogens is 1. The quantitative estimate of drug-likeness (QED) is 0.186. The molecule has 1 aromatic heterocycles. The molecular weight excluding hydrogens is 597 g/mol. The smallest absolute Gasteiger partial charge is 0.319 e. The second kappa shape index (κ2) is 13.1. The Balaban J connectivity index is 1.51. The van der Waals surface area contributed by atoms with E-state index in [4.69, 9.17) is 9.47 Å². The monoisotopic (exact) mass is 629 g/mol. The molecule has 1 fully saturated rings. The first-order chi connectivity index (χ1) is 18.4. The minimum Gasteiger partial charge on any atom is -0.489 e. The average Bonchev–Trinajstić information content (AvgIpc) is 3.74. The van der Waals surface area contributed by atoms with Crippen molar-refractivity contribution in [1.82, 2.24) is 15.2 Å². The number of rotatable bonds is 12. The molecule has 0 saturated heterocycles. The van der Waals surface area contributed by atoms with Crippen molar-refractivity contribution < 1.29 is 19.4 Å². The fourth-order valence-corrected chi connectivity index (χ4v) is 4.66. The third-order valence-electron chi connectivity index (χ3n) is 6.33. The van der Waals surface area contributed by atoms with Crippen molar-refractivity contribution in [3.8, 4) is 23.3 Å². The van der Waals surface area contributed by atoms with Crippen LogP contribution in [0.3, 0.4) is 0 Å². The number of benzene rings is 2. The molecule has 2 amide bonds. The summed E-state index contributed by atoms with van der Waals surface area (Å²) < 4.78 is 12.7. The molecule has 0 spiro atoms. The zero-order valence-corrected chi connectivity index (χ0v) is 23.7. The number of likely N-dealkylation sites (N-methyl/N-ethyl adjacent to an activating group) is 1. The normalized spacial score (nSPS) is 13.7. The van der Waals surface area contributed by atoms with Crippen LogP contribution >= 0.6 is 22.6 Å². The molecule has 9 nitrogen and oxygen atoms in total. The number of ether oxygens (including phenoxy) is 2. The number of carbonyl (C=O) groups is 1. The number of alkyl halides is 1. The van der Waals surface area contributed by atoms with E-state index in [2.05, 4.69) is 49.2 Å². The first-order valence-electron chi connectivity index (χ1n) is 12.7. The van der Waals surface area contributed by atoms with Gasteiger partial charge in [0.15, 0.2) is 0 Å². The van der Waals surface area contributed by atoms with Gasteiger partial charge in [0, 0.05) is 40.4 Å². The van der Waals surface area contributed by atoms with Crippen LogP contribution in [-0.4, -0.2) is 59.4 Å². The van der Waals surface area contributed by atoms with Gasteiger partial charge in [0.05, 0.1) is 11.1 Å². The molecule has 10 heteroatoms. The number of hydrogen-bond acceptors (Lipinski definition) is 7. The molecular formula is C28H32IN5O4. The molecule has 38 heavy (non-hydrogen) atoms. The summed E-state index contributed by atoms with van der Waals surface area (Å²) in [6, 6.07) is 12.9. The Morgan fingerprint density at radius 1 is 1.24 bits per heavy atom. The highest BCUT2D eigenvalue weighted by Gasteiger charge is 2.23. The summed E-state index contributed by atoms with van der Waals surface area (Å²) in [4.78, 5) is 18.7. The average molecular weight is 629 g/mol. The van der Waals surface area contributed by atoms with E-state index in [0.717, 1.165) is 37.2 Å². The Morgan fingerprint density at radius 2 is 2.03 bits per heavy atom. The number of amides is 2. The SMILES string of the molecule is CCN(CC)C[C@H](O)COc1cc2nccc(Oc3ccc(NC(=O)NC4CC4)c(CI)c3)c2cc1C#N. The molecule has 3 N–H and O–H groups in total. The summed E-state index contributed by atoms with van der Waals surface area (Å²) in [5, 5.41) is 26.7. The number of aliphatic hydroxyl groups excluding tert-OH is 1. The summed E-state index contributed by atoms with van der Waals surface area (Å²) >= 11 is 2.25. The van der Waals surface area contributed by atoms with Crippen molar-refractivity contribution in [3.05, 3.63) is 53.7 Å². The van der Waals surface area contributed by atoms with Crippen LogP contribution in [0, 0.1) is 11.3 Å². The summed E-state index contributed by atoms with van der Waals surface area (Å²) in [6.07, 6.45) is 3.02. The topological polar surface area (TPSA) is 120 Å². The largest absolute Gasteiger partial charge is 0.489 e. The highest BCUT2D eigenvalue weighted by atomic mass is 127. The lowest BCUT2D eigenvalue weighted by atomic mass is 10.1. The molecule has 0 radical (unpaired) electrons. The number of aromatic nitrogens is 1. The molecule has 0 bridgehead atoms. The van der Waals surface area contributed by atoms with Crippen molar-refractivity contribution >= 4 is 45.2 Å². The Labute approximate surface area is 236 Å². The number of nitriles is 1. The zero-order chi connectivity index (χ0) is 27.1. The molecule has 1 heterocycles. The van der Waals surface area contributed by atoms with E-state index in [0.29, 0.717) is 44.7 Å². The molecule has 0 unspecified atom stereocenters. The number of fused-ring (bicyclic) bond motifs is 1. The van der Waals surface area contributed by atoms with Crippen molar-refractivity contribution in [3.63, 3.8) is 0 Å². The first-order valence-corrected chi connectivity index (χ1v) is 14.3. The number of nitrogens with zero attached hydrogens (tertiary/aromatic N) is 3. The van der Waals surface area contributed by atoms with Gasteiger partial charge in [-0.25, -0.2) is 4.79 Å². The van der Waals surface area contributed by atoms with Crippen molar-refractivity contribution in [2.24, 2.45) is 0 Å². The Hall–Kier alpha value is -3.14. The van der Waals surface area contributed by atoms with Gasteiger partial charge in [-0.1, -0.05) is 36.4 Å².